The second kappa shape index (κ2) is 4.27. The molecule has 1 saturated carbocycles. The number of nitrogens with one attached hydrogen (secondary N) is 1. The maximum absolute atomic E-state index is 4.32. The summed E-state index contributed by atoms with van der Waals surface area (Å²) in [4.78, 5) is 8.51. The SMILES string of the molecule is CCNc1ncnc2c1nnn2C1CCCC1. The van der Waals surface area contributed by atoms with Crippen molar-refractivity contribution >= 4 is 17.0 Å². The fourth-order valence-corrected chi connectivity index (χ4v) is 2.46. The van der Waals surface area contributed by atoms with Crippen molar-refractivity contribution in [3.8, 4) is 0 Å². The van der Waals surface area contributed by atoms with Crippen LogP contribution in [0.3, 0.4) is 0 Å². The molecule has 90 valence electrons. The summed E-state index contributed by atoms with van der Waals surface area (Å²) in [7, 11) is 0. The van der Waals surface area contributed by atoms with Gasteiger partial charge in [-0.3, -0.25) is 0 Å². The summed E-state index contributed by atoms with van der Waals surface area (Å²) in [5.41, 5.74) is 1.63. The molecule has 3 rings (SSSR count). The molecule has 2 aromatic heterocycles. The summed E-state index contributed by atoms with van der Waals surface area (Å²) in [6, 6.07) is 0.462. The van der Waals surface area contributed by atoms with Crippen molar-refractivity contribution in [1.29, 1.82) is 0 Å². The van der Waals surface area contributed by atoms with Crippen LogP contribution in [0, 0.1) is 0 Å². The van der Waals surface area contributed by atoms with E-state index in [1.165, 1.54) is 25.7 Å². The van der Waals surface area contributed by atoms with E-state index in [1.807, 2.05) is 11.6 Å². The predicted molar refractivity (Wildman–Crippen MR) is 64.8 cm³/mol. The van der Waals surface area contributed by atoms with Gasteiger partial charge in [-0.1, -0.05) is 18.1 Å². The molecule has 1 aliphatic rings. The van der Waals surface area contributed by atoms with Gasteiger partial charge in [0, 0.05) is 6.54 Å². The highest BCUT2D eigenvalue weighted by molar-refractivity contribution is 5.81. The first-order valence-corrected chi connectivity index (χ1v) is 6.20. The lowest BCUT2D eigenvalue weighted by Crippen LogP contribution is -2.07. The van der Waals surface area contributed by atoms with E-state index >= 15 is 0 Å². The van der Waals surface area contributed by atoms with Crippen LogP contribution in [0.2, 0.25) is 0 Å². The minimum atomic E-state index is 0.462. The zero-order valence-electron chi connectivity index (χ0n) is 9.93. The van der Waals surface area contributed by atoms with Crippen molar-refractivity contribution in [3.05, 3.63) is 6.33 Å². The lowest BCUT2D eigenvalue weighted by atomic mass is 10.2. The predicted octanol–water partition coefficient (Wildman–Crippen LogP) is 1.77. The van der Waals surface area contributed by atoms with Crippen LogP contribution in [0.5, 0.6) is 0 Å². The molecule has 6 heteroatoms. The molecule has 2 aromatic rings. The topological polar surface area (TPSA) is 68.5 Å². The van der Waals surface area contributed by atoms with Crippen LogP contribution in [0.1, 0.15) is 38.6 Å². The Labute approximate surface area is 99.4 Å². The van der Waals surface area contributed by atoms with Crippen molar-refractivity contribution < 1.29 is 0 Å². The van der Waals surface area contributed by atoms with Crippen molar-refractivity contribution in [2.24, 2.45) is 0 Å². The molecule has 0 bridgehead atoms. The lowest BCUT2D eigenvalue weighted by molar-refractivity contribution is 0.464. The van der Waals surface area contributed by atoms with Crippen molar-refractivity contribution in [2.75, 3.05) is 11.9 Å². The highest BCUT2D eigenvalue weighted by atomic mass is 15.5. The average molecular weight is 232 g/mol. The van der Waals surface area contributed by atoms with Gasteiger partial charge in [0.2, 0.25) is 0 Å². The number of hydrogen-bond acceptors (Lipinski definition) is 5. The molecule has 0 aromatic carbocycles. The fraction of sp³-hybridized carbons (Fsp3) is 0.636. The van der Waals surface area contributed by atoms with Gasteiger partial charge >= 0.3 is 0 Å². The van der Waals surface area contributed by atoms with Crippen LogP contribution in [0.25, 0.3) is 11.2 Å². The molecule has 0 unspecified atom stereocenters. The Balaban J connectivity index is 2.06. The molecule has 0 spiro atoms. The van der Waals surface area contributed by atoms with E-state index in [-0.39, 0.29) is 0 Å². The van der Waals surface area contributed by atoms with Gasteiger partial charge in [-0.25, -0.2) is 14.6 Å². The first kappa shape index (κ1) is 10.4. The summed E-state index contributed by atoms with van der Waals surface area (Å²) in [6.45, 7) is 2.86. The Kier molecular flexibility index (Phi) is 2.62. The quantitative estimate of drug-likeness (QED) is 0.873. The molecule has 0 aliphatic heterocycles. The standard InChI is InChI=1S/C11H16N6/c1-2-12-10-9-11(14-7-13-10)17(16-15-9)8-5-3-4-6-8/h7-8H,2-6H2,1H3,(H,12,13,14). The first-order valence-electron chi connectivity index (χ1n) is 6.20. The number of anilines is 1. The monoisotopic (exact) mass is 232 g/mol. The van der Waals surface area contributed by atoms with Gasteiger partial charge in [0.05, 0.1) is 6.04 Å². The number of nitrogens with zero attached hydrogens (tertiary/aromatic N) is 5. The number of hydrogen-bond donors (Lipinski definition) is 1. The van der Waals surface area contributed by atoms with E-state index in [0.717, 1.165) is 23.5 Å². The number of fused-ring (bicyclic) bond motifs is 1. The zero-order chi connectivity index (χ0) is 11.7. The Hall–Kier alpha value is -1.72. The van der Waals surface area contributed by atoms with Gasteiger partial charge in [0.25, 0.3) is 0 Å². The molecule has 2 heterocycles. The smallest absolute Gasteiger partial charge is 0.184 e. The minimum absolute atomic E-state index is 0.462. The summed E-state index contributed by atoms with van der Waals surface area (Å²) in [5.74, 6) is 0.779. The molecule has 0 amide bonds. The van der Waals surface area contributed by atoms with Gasteiger partial charge < -0.3 is 5.32 Å². The fourth-order valence-electron chi connectivity index (χ4n) is 2.46. The maximum atomic E-state index is 4.32. The molecular weight excluding hydrogens is 216 g/mol. The van der Waals surface area contributed by atoms with Gasteiger partial charge in [-0.15, -0.1) is 5.10 Å². The molecule has 6 nitrogen and oxygen atoms in total. The first-order chi connectivity index (χ1) is 8.40. The number of rotatable bonds is 3. The molecular formula is C11H16N6. The summed E-state index contributed by atoms with van der Waals surface area (Å²) >= 11 is 0. The van der Waals surface area contributed by atoms with Crippen molar-refractivity contribution in [3.63, 3.8) is 0 Å². The maximum Gasteiger partial charge on any atom is 0.184 e. The second-order valence-corrected chi connectivity index (χ2v) is 4.40. The normalized spacial score (nSPS) is 16.8. The molecule has 0 radical (unpaired) electrons. The Bertz CT molecular complexity index is 514. The van der Waals surface area contributed by atoms with Gasteiger partial charge in [-0.05, 0) is 19.8 Å². The van der Waals surface area contributed by atoms with E-state index < -0.39 is 0 Å². The molecule has 1 N–H and O–H groups in total. The van der Waals surface area contributed by atoms with Crippen LogP contribution in [0.15, 0.2) is 6.33 Å². The van der Waals surface area contributed by atoms with E-state index in [1.54, 1.807) is 6.33 Å². The van der Waals surface area contributed by atoms with Gasteiger partial charge in [0.15, 0.2) is 17.0 Å². The van der Waals surface area contributed by atoms with Gasteiger partial charge in [-0.2, -0.15) is 0 Å². The molecule has 1 aliphatic carbocycles. The second-order valence-electron chi connectivity index (χ2n) is 4.40. The third-order valence-corrected chi connectivity index (χ3v) is 3.28. The van der Waals surface area contributed by atoms with Crippen LogP contribution >= 0.6 is 0 Å². The Morgan fingerprint density at radius 2 is 2.18 bits per heavy atom. The summed E-state index contributed by atoms with van der Waals surface area (Å²) in [5, 5.41) is 11.6. The zero-order valence-corrected chi connectivity index (χ0v) is 9.93. The molecule has 1 fully saturated rings. The number of aromatic nitrogens is 5. The van der Waals surface area contributed by atoms with Crippen LogP contribution in [-0.4, -0.2) is 31.5 Å². The molecule has 0 saturated heterocycles. The Morgan fingerprint density at radius 1 is 1.35 bits per heavy atom. The van der Waals surface area contributed by atoms with Crippen LogP contribution < -0.4 is 5.32 Å². The largest absolute Gasteiger partial charge is 0.368 e. The summed E-state index contributed by atoms with van der Waals surface area (Å²) < 4.78 is 1.96. The Morgan fingerprint density at radius 3 is 2.94 bits per heavy atom. The van der Waals surface area contributed by atoms with E-state index in [0.29, 0.717) is 6.04 Å². The van der Waals surface area contributed by atoms with E-state index in [9.17, 15) is 0 Å². The van der Waals surface area contributed by atoms with Crippen LogP contribution in [0.4, 0.5) is 5.82 Å². The van der Waals surface area contributed by atoms with Crippen LogP contribution in [-0.2, 0) is 0 Å². The third kappa shape index (κ3) is 1.73. The molecule has 17 heavy (non-hydrogen) atoms. The summed E-state index contributed by atoms with van der Waals surface area (Å²) in [6.07, 6.45) is 6.49. The van der Waals surface area contributed by atoms with E-state index in [2.05, 4.69) is 25.6 Å². The minimum Gasteiger partial charge on any atom is -0.368 e. The highest BCUT2D eigenvalue weighted by Crippen LogP contribution is 2.31. The van der Waals surface area contributed by atoms with Crippen molar-refractivity contribution in [1.82, 2.24) is 25.0 Å². The highest BCUT2D eigenvalue weighted by Gasteiger charge is 2.21. The lowest BCUT2D eigenvalue weighted by Gasteiger charge is -2.09. The van der Waals surface area contributed by atoms with Gasteiger partial charge in [0.1, 0.15) is 6.33 Å². The van der Waals surface area contributed by atoms with Crippen molar-refractivity contribution in [2.45, 2.75) is 38.6 Å². The average Bonchev–Trinajstić information content (AvgIpc) is 2.97. The third-order valence-electron chi connectivity index (χ3n) is 3.28. The van der Waals surface area contributed by atoms with E-state index in [4.69, 9.17) is 0 Å². The molecule has 0 atom stereocenters.